The van der Waals surface area contributed by atoms with Crippen LogP contribution in [0.4, 0.5) is 8.78 Å². The number of carboxylic acid groups (broad SMARTS) is 2. The Kier molecular flexibility index (Phi) is 7.13. The summed E-state index contributed by atoms with van der Waals surface area (Å²) in [5.74, 6) is -3.97. The van der Waals surface area contributed by atoms with E-state index in [0.29, 0.717) is 0 Å². The second-order valence-corrected chi connectivity index (χ2v) is 7.76. The number of ether oxygens (including phenoxy) is 3. The lowest BCUT2D eigenvalue weighted by Gasteiger charge is -2.37. The van der Waals surface area contributed by atoms with E-state index in [9.17, 15) is 32.8 Å². The maximum Gasteiger partial charge on any atom is 0.387 e. The van der Waals surface area contributed by atoms with Gasteiger partial charge in [-0.2, -0.15) is 8.78 Å². The number of pyridine rings is 1. The molecule has 30 heavy (non-hydrogen) atoms. The van der Waals surface area contributed by atoms with E-state index in [2.05, 4.69) is 9.72 Å². The molecule has 1 aromatic heterocycles. The number of allylic oxidation sites excluding steroid dienone is 2. The Morgan fingerprint density at radius 1 is 1.27 bits per heavy atom. The van der Waals surface area contributed by atoms with Gasteiger partial charge in [0.05, 0.1) is 36.5 Å². The Hall–Kier alpha value is -3.02. The van der Waals surface area contributed by atoms with Crippen molar-refractivity contribution < 1.29 is 47.0 Å². The van der Waals surface area contributed by atoms with E-state index in [-0.39, 0.29) is 17.2 Å². The van der Waals surface area contributed by atoms with Gasteiger partial charge in [0, 0.05) is 23.1 Å². The minimum absolute atomic E-state index is 0.110. The van der Waals surface area contributed by atoms with Crippen LogP contribution in [-0.2, 0) is 30.9 Å². The zero-order valence-corrected chi connectivity index (χ0v) is 16.9. The SMILES string of the molecule is COc1ccnc(CS(=O)C2C(C(=O)O)=CC=C(OC(F)F)C2(C)C(=O)O)c1OC. The molecule has 164 valence electrons. The fourth-order valence-electron chi connectivity index (χ4n) is 3.10. The van der Waals surface area contributed by atoms with Gasteiger partial charge in [-0.15, -0.1) is 0 Å². The van der Waals surface area contributed by atoms with Gasteiger partial charge in [0.1, 0.15) is 11.2 Å². The highest BCUT2D eigenvalue weighted by atomic mass is 32.2. The molecule has 0 bridgehead atoms. The van der Waals surface area contributed by atoms with Gasteiger partial charge < -0.3 is 24.4 Å². The lowest BCUT2D eigenvalue weighted by atomic mass is 9.77. The molecule has 0 saturated heterocycles. The minimum Gasteiger partial charge on any atom is -0.493 e. The Labute approximate surface area is 172 Å². The first-order valence-corrected chi connectivity index (χ1v) is 9.73. The average Bonchev–Trinajstić information content (AvgIpc) is 2.68. The summed E-state index contributed by atoms with van der Waals surface area (Å²) in [6.07, 6.45) is 3.08. The van der Waals surface area contributed by atoms with Crippen molar-refractivity contribution in [2.45, 2.75) is 24.5 Å². The summed E-state index contributed by atoms with van der Waals surface area (Å²) >= 11 is 0. The first-order chi connectivity index (χ1) is 14.1. The summed E-state index contributed by atoms with van der Waals surface area (Å²) in [7, 11) is 0.430. The predicted molar refractivity (Wildman–Crippen MR) is 99.6 cm³/mol. The normalized spacial score (nSPS) is 22.0. The number of methoxy groups -OCH3 is 2. The molecule has 1 heterocycles. The molecule has 0 saturated carbocycles. The van der Waals surface area contributed by atoms with Crippen LogP contribution in [0.2, 0.25) is 0 Å². The molecule has 3 atom stereocenters. The number of carboxylic acids is 2. The number of alkyl halides is 2. The van der Waals surface area contributed by atoms with E-state index in [0.717, 1.165) is 19.1 Å². The van der Waals surface area contributed by atoms with E-state index >= 15 is 0 Å². The molecule has 9 nitrogen and oxygen atoms in total. The minimum atomic E-state index is -3.36. The van der Waals surface area contributed by atoms with Crippen LogP contribution in [-0.4, -0.2) is 57.4 Å². The van der Waals surface area contributed by atoms with Crippen LogP contribution in [0.3, 0.4) is 0 Å². The van der Waals surface area contributed by atoms with Gasteiger partial charge in [-0.25, -0.2) is 4.79 Å². The number of hydrogen-bond acceptors (Lipinski definition) is 7. The van der Waals surface area contributed by atoms with Gasteiger partial charge >= 0.3 is 18.6 Å². The maximum atomic E-state index is 13.2. The molecule has 2 rings (SSSR count). The zero-order valence-electron chi connectivity index (χ0n) is 16.1. The lowest BCUT2D eigenvalue weighted by Crippen LogP contribution is -2.49. The van der Waals surface area contributed by atoms with Crippen LogP contribution >= 0.6 is 0 Å². The Bertz CT molecular complexity index is 933. The fourth-order valence-corrected chi connectivity index (χ4v) is 4.95. The maximum absolute atomic E-state index is 13.2. The summed E-state index contributed by atoms with van der Waals surface area (Å²) in [5, 5.41) is 17.6. The molecular weight excluding hydrogens is 428 g/mol. The van der Waals surface area contributed by atoms with Crippen LogP contribution in [0, 0.1) is 5.41 Å². The van der Waals surface area contributed by atoms with Crippen LogP contribution in [0.5, 0.6) is 11.5 Å². The largest absolute Gasteiger partial charge is 0.493 e. The number of nitrogens with zero attached hydrogens (tertiary/aromatic N) is 1. The number of carbonyl (C=O) groups is 2. The van der Waals surface area contributed by atoms with Crippen LogP contribution in [0.1, 0.15) is 12.6 Å². The predicted octanol–water partition coefficient (Wildman–Crippen LogP) is 1.95. The monoisotopic (exact) mass is 447 g/mol. The quantitative estimate of drug-likeness (QED) is 0.583. The highest BCUT2D eigenvalue weighted by Crippen LogP contribution is 2.44. The summed E-state index contributed by atoms with van der Waals surface area (Å²) in [4.78, 5) is 27.8. The third kappa shape index (κ3) is 4.27. The molecule has 0 spiro atoms. The molecule has 0 aliphatic heterocycles. The third-order valence-corrected chi connectivity index (χ3v) is 6.36. The molecule has 0 radical (unpaired) electrons. The topological polar surface area (TPSA) is 132 Å². The van der Waals surface area contributed by atoms with Crippen LogP contribution in [0.15, 0.2) is 35.7 Å². The number of hydrogen-bond donors (Lipinski definition) is 2. The van der Waals surface area contributed by atoms with Crippen molar-refractivity contribution in [3.05, 3.63) is 41.4 Å². The summed E-state index contributed by atoms with van der Waals surface area (Å²) in [6, 6.07) is 1.48. The Morgan fingerprint density at radius 3 is 2.43 bits per heavy atom. The highest BCUT2D eigenvalue weighted by molar-refractivity contribution is 7.85. The van der Waals surface area contributed by atoms with Gasteiger partial charge in [-0.3, -0.25) is 14.0 Å². The summed E-state index contributed by atoms with van der Waals surface area (Å²) in [5.41, 5.74) is -2.75. The highest BCUT2D eigenvalue weighted by Gasteiger charge is 2.54. The first kappa shape index (κ1) is 23.3. The van der Waals surface area contributed by atoms with Crippen molar-refractivity contribution in [2.75, 3.05) is 14.2 Å². The zero-order chi connectivity index (χ0) is 22.6. The molecule has 1 aliphatic rings. The lowest BCUT2D eigenvalue weighted by molar-refractivity contribution is -0.155. The molecule has 0 aromatic carbocycles. The number of halogens is 2. The van der Waals surface area contributed by atoms with E-state index in [1.54, 1.807) is 0 Å². The van der Waals surface area contributed by atoms with Crippen LogP contribution < -0.4 is 9.47 Å². The van der Waals surface area contributed by atoms with Gasteiger partial charge in [0.15, 0.2) is 11.5 Å². The molecule has 2 N–H and O–H groups in total. The Morgan fingerprint density at radius 2 is 1.93 bits per heavy atom. The van der Waals surface area contributed by atoms with Crippen molar-refractivity contribution in [3.8, 4) is 11.5 Å². The Balaban J connectivity index is 2.56. The van der Waals surface area contributed by atoms with E-state index in [1.807, 2.05) is 0 Å². The standard InChI is InChI=1S/C18H19F2NO8S/c1-18(16(24)25)12(29-17(19)20)5-4-9(15(22)23)14(18)30(26)8-10-13(28-3)11(27-2)6-7-21-10/h4-7,14,17H,8H2,1-3H3,(H,22,23)(H,24,25). The van der Waals surface area contributed by atoms with E-state index in [4.69, 9.17) is 9.47 Å². The summed E-state index contributed by atoms with van der Waals surface area (Å²) in [6.45, 7) is -2.37. The van der Waals surface area contributed by atoms with Gasteiger partial charge in [-0.1, -0.05) is 0 Å². The van der Waals surface area contributed by atoms with Crippen molar-refractivity contribution in [3.63, 3.8) is 0 Å². The van der Waals surface area contributed by atoms with Crippen LogP contribution in [0.25, 0.3) is 0 Å². The third-order valence-electron chi connectivity index (χ3n) is 4.55. The molecule has 1 aliphatic carbocycles. The second kappa shape index (κ2) is 9.20. The smallest absolute Gasteiger partial charge is 0.387 e. The number of aromatic nitrogens is 1. The van der Waals surface area contributed by atoms with Gasteiger partial charge in [0.2, 0.25) is 0 Å². The van der Waals surface area contributed by atoms with Crippen molar-refractivity contribution in [2.24, 2.45) is 5.41 Å². The van der Waals surface area contributed by atoms with Gasteiger partial charge in [-0.05, 0) is 19.1 Å². The molecule has 12 heteroatoms. The summed E-state index contributed by atoms with van der Waals surface area (Å²) < 4.78 is 53.5. The fraction of sp³-hybridized carbons (Fsp3) is 0.389. The number of rotatable bonds is 9. The number of aliphatic carboxylic acids is 2. The average molecular weight is 447 g/mol. The molecule has 0 amide bonds. The van der Waals surface area contributed by atoms with Crippen molar-refractivity contribution in [1.82, 2.24) is 4.98 Å². The molecular formula is C18H19F2NO8S. The molecule has 0 fully saturated rings. The first-order valence-electron chi connectivity index (χ1n) is 8.34. The van der Waals surface area contributed by atoms with E-state index in [1.165, 1.54) is 26.5 Å². The molecule has 1 aromatic rings. The van der Waals surface area contributed by atoms with E-state index < -0.39 is 57.1 Å². The van der Waals surface area contributed by atoms with Gasteiger partial charge in [0.25, 0.3) is 0 Å². The second-order valence-electron chi connectivity index (χ2n) is 6.24. The molecule has 3 unspecified atom stereocenters. The van der Waals surface area contributed by atoms with Crippen molar-refractivity contribution in [1.29, 1.82) is 0 Å². The van der Waals surface area contributed by atoms with Crippen molar-refractivity contribution >= 4 is 22.7 Å².